The normalized spacial score (nSPS) is 35.3. The van der Waals surface area contributed by atoms with Crippen molar-refractivity contribution in [2.24, 2.45) is 0 Å². The summed E-state index contributed by atoms with van der Waals surface area (Å²) in [6.07, 6.45) is -6.11. The van der Waals surface area contributed by atoms with Crippen LogP contribution in [0.1, 0.15) is 6.23 Å². The first-order valence-electron chi connectivity index (χ1n) is 5.41. The van der Waals surface area contributed by atoms with Gasteiger partial charge in [0.25, 0.3) is 0 Å². The molecule has 1 unspecified atom stereocenters. The largest absolute Gasteiger partial charge is 0.436 e. The van der Waals surface area contributed by atoms with E-state index in [1.165, 1.54) is 0 Å². The van der Waals surface area contributed by atoms with Crippen LogP contribution < -0.4 is 0 Å². The summed E-state index contributed by atoms with van der Waals surface area (Å²) in [5.41, 5.74) is 0. The maximum Gasteiger partial charge on any atom is 0.436 e. The van der Waals surface area contributed by atoms with E-state index in [9.17, 15) is 24.7 Å². The minimum absolute atomic E-state index is 0.659. The first kappa shape index (κ1) is 13.8. The number of rotatable bonds is 3. The Morgan fingerprint density at radius 2 is 2.21 bits per heavy atom. The molecule has 106 valence electrons. The average Bonchev–Trinajstić information content (AvgIpc) is 2.85. The lowest BCUT2D eigenvalue weighted by Gasteiger charge is -2.37. The van der Waals surface area contributed by atoms with Gasteiger partial charge in [0.15, 0.2) is 6.17 Å². The van der Waals surface area contributed by atoms with Crippen molar-refractivity contribution in [1.29, 1.82) is 0 Å². The van der Waals surface area contributed by atoms with Gasteiger partial charge in [0.2, 0.25) is 6.23 Å². The fraction of sp³-hybridized carbons (Fsp3) is 0.667. The van der Waals surface area contributed by atoms with E-state index in [1.807, 2.05) is 0 Å². The number of nitrogens with zero attached hydrogens (tertiary/aromatic N) is 3. The fourth-order valence-electron chi connectivity index (χ4n) is 1.93. The molecular formula is C9H12FN3O6. The van der Waals surface area contributed by atoms with Gasteiger partial charge in [0.05, 0.1) is 6.61 Å². The number of aliphatic hydroxyl groups is 3. The van der Waals surface area contributed by atoms with E-state index in [4.69, 9.17) is 9.84 Å². The molecule has 1 aliphatic rings. The highest BCUT2D eigenvalue weighted by Gasteiger charge is 2.48. The molecule has 2 rings (SSSR count). The van der Waals surface area contributed by atoms with E-state index >= 15 is 0 Å². The molecule has 0 amide bonds. The molecule has 1 saturated heterocycles. The molecular weight excluding hydrogens is 265 g/mol. The van der Waals surface area contributed by atoms with Crippen molar-refractivity contribution in [3.05, 3.63) is 22.5 Å². The molecule has 0 aromatic carbocycles. The monoisotopic (exact) mass is 277 g/mol. The van der Waals surface area contributed by atoms with Crippen molar-refractivity contribution in [3.63, 3.8) is 0 Å². The highest BCUT2D eigenvalue weighted by molar-refractivity contribution is 5.09. The second-order valence-electron chi connectivity index (χ2n) is 4.06. The third-order valence-electron chi connectivity index (χ3n) is 2.91. The Kier molecular flexibility index (Phi) is 3.75. The molecule has 1 fully saturated rings. The number of imidazole rings is 1. The number of alkyl halides is 1. The maximum atomic E-state index is 13.9. The number of hydrogen-bond donors (Lipinski definition) is 3. The van der Waals surface area contributed by atoms with Crippen LogP contribution in [0.25, 0.3) is 0 Å². The van der Waals surface area contributed by atoms with Crippen LogP contribution in [0.2, 0.25) is 0 Å². The number of halogens is 1. The number of nitro groups is 1. The summed E-state index contributed by atoms with van der Waals surface area (Å²) in [5, 5.41) is 38.7. The van der Waals surface area contributed by atoms with Crippen LogP contribution in [0.15, 0.2) is 12.4 Å². The van der Waals surface area contributed by atoms with Gasteiger partial charge >= 0.3 is 5.95 Å². The fourth-order valence-corrected chi connectivity index (χ4v) is 1.93. The molecule has 0 bridgehead atoms. The van der Waals surface area contributed by atoms with Gasteiger partial charge in [0, 0.05) is 0 Å². The summed E-state index contributed by atoms with van der Waals surface area (Å²) in [6.45, 7) is -0.663. The molecule has 1 aromatic rings. The van der Waals surface area contributed by atoms with Crippen LogP contribution in [0.4, 0.5) is 10.3 Å². The Morgan fingerprint density at radius 1 is 1.53 bits per heavy atom. The van der Waals surface area contributed by atoms with Gasteiger partial charge in [-0.3, -0.25) is 0 Å². The lowest BCUT2D eigenvalue weighted by molar-refractivity contribution is -0.400. The van der Waals surface area contributed by atoms with E-state index < -0.39 is 48.2 Å². The van der Waals surface area contributed by atoms with Crippen LogP contribution >= 0.6 is 0 Å². The second kappa shape index (κ2) is 5.17. The summed E-state index contributed by atoms with van der Waals surface area (Å²) in [5.74, 6) is -0.659. The van der Waals surface area contributed by atoms with E-state index in [0.29, 0.717) is 0 Å². The maximum absolute atomic E-state index is 13.9. The zero-order valence-corrected chi connectivity index (χ0v) is 9.53. The summed E-state index contributed by atoms with van der Waals surface area (Å²) < 4.78 is 19.8. The standard InChI is InChI=1S/C9H12FN3O6/c10-5-7(16)6(15)4(3-14)19-8(5)12-2-1-11-9(12)13(17)18/h1-2,4-8,14-16H,3H2/t4-,5-,6-,7-,8?/m1/s1. The Balaban J connectivity index is 2.32. The van der Waals surface area contributed by atoms with Crippen molar-refractivity contribution < 1.29 is 29.4 Å². The summed E-state index contributed by atoms with van der Waals surface area (Å²) >= 11 is 0. The molecule has 10 heteroatoms. The predicted molar refractivity (Wildman–Crippen MR) is 56.8 cm³/mol. The van der Waals surface area contributed by atoms with Gasteiger partial charge in [0.1, 0.15) is 30.7 Å². The minimum atomic E-state index is -2.09. The van der Waals surface area contributed by atoms with Crippen LogP contribution in [-0.4, -0.2) is 60.9 Å². The topological polar surface area (TPSA) is 131 Å². The van der Waals surface area contributed by atoms with Crippen molar-refractivity contribution in [1.82, 2.24) is 9.55 Å². The third kappa shape index (κ3) is 2.30. The summed E-state index contributed by atoms with van der Waals surface area (Å²) in [4.78, 5) is 13.3. The Hall–Kier alpha value is -1.62. The number of aliphatic hydroxyl groups excluding tert-OH is 3. The zero-order valence-electron chi connectivity index (χ0n) is 9.53. The van der Waals surface area contributed by atoms with Crippen molar-refractivity contribution in [2.75, 3.05) is 6.61 Å². The molecule has 1 aromatic heterocycles. The Labute approximate surface area is 106 Å². The van der Waals surface area contributed by atoms with Crippen molar-refractivity contribution in [3.8, 4) is 0 Å². The van der Waals surface area contributed by atoms with E-state index in [-0.39, 0.29) is 0 Å². The third-order valence-corrected chi connectivity index (χ3v) is 2.91. The quantitative estimate of drug-likeness (QED) is 0.464. The molecule has 0 saturated carbocycles. The number of hydrogen-bond acceptors (Lipinski definition) is 7. The number of ether oxygens (including phenoxy) is 1. The minimum Gasteiger partial charge on any atom is -0.394 e. The van der Waals surface area contributed by atoms with Crippen molar-refractivity contribution >= 4 is 5.95 Å². The van der Waals surface area contributed by atoms with Crippen LogP contribution in [0.5, 0.6) is 0 Å². The van der Waals surface area contributed by atoms with Gasteiger partial charge < -0.3 is 30.2 Å². The molecule has 3 N–H and O–H groups in total. The summed E-state index contributed by atoms with van der Waals surface area (Å²) in [7, 11) is 0. The zero-order chi connectivity index (χ0) is 14.2. The SMILES string of the molecule is O=[N+]([O-])c1nccn1C1O[C@H](CO)[C@@H](O)[C@H](O)[C@H]1F. The van der Waals surface area contributed by atoms with Crippen molar-refractivity contribution in [2.45, 2.75) is 30.7 Å². The van der Waals surface area contributed by atoms with E-state index in [1.54, 1.807) is 0 Å². The molecule has 0 aliphatic carbocycles. The predicted octanol–water partition coefficient (Wildman–Crippen LogP) is -1.26. The molecule has 2 heterocycles. The van der Waals surface area contributed by atoms with E-state index in [2.05, 4.69) is 4.98 Å². The van der Waals surface area contributed by atoms with Crippen LogP contribution in [0.3, 0.4) is 0 Å². The highest BCUT2D eigenvalue weighted by atomic mass is 19.1. The van der Waals surface area contributed by atoms with Gasteiger partial charge in [-0.25, -0.2) is 4.39 Å². The molecule has 1 aliphatic heterocycles. The van der Waals surface area contributed by atoms with Crippen LogP contribution in [0, 0.1) is 10.1 Å². The Bertz CT molecular complexity index is 467. The smallest absolute Gasteiger partial charge is 0.394 e. The lowest BCUT2D eigenvalue weighted by Crippen LogP contribution is -2.55. The van der Waals surface area contributed by atoms with Crippen LogP contribution in [-0.2, 0) is 4.74 Å². The Morgan fingerprint density at radius 3 is 2.79 bits per heavy atom. The van der Waals surface area contributed by atoms with Gasteiger partial charge in [-0.15, -0.1) is 0 Å². The van der Waals surface area contributed by atoms with Gasteiger partial charge in [-0.2, -0.15) is 4.57 Å². The summed E-state index contributed by atoms with van der Waals surface area (Å²) in [6, 6.07) is 0. The first-order valence-corrected chi connectivity index (χ1v) is 5.41. The average molecular weight is 277 g/mol. The molecule has 0 spiro atoms. The first-order chi connectivity index (χ1) is 8.97. The van der Waals surface area contributed by atoms with Gasteiger partial charge in [-0.1, -0.05) is 4.98 Å². The molecule has 5 atom stereocenters. The molecule has 9 nitrogen and oxygen atoms in total. The van der Waals surface area contributed by atoms with E-state index in [0.717, 1.165) is 17.0 Å². The molecule has 0 radical (unpaired) electrons. The highest BCUT2D eigenvalue weighted by Crippen LogP contribution is 2.32. The number of aromatic nitrogens is 2. The molecule has 19 heavy (non-hydrogen) atoms. The lowest BCUT2D eigenvalue weighted by atomic mass is 9.99. The second-order valence-corrected chi connectivity index (χ2v) is 4.06. The van der Waals surface area contributed by atoms with Gasteiger partial charge in [-0.05, 0) is 4.92 Å².